The summed E-state index contributed by atoms with van der Waals surface area (Å²) in [4.78, 5) is 20.3. The molecule has 0 aliphatic carbocycles. The number of rotatable bonds is 1. The van der Waals surface area contributed by atoms with Crippen LogP contribution in [0, 0.1) is 0 Å². The number of hydrogen-bond donors (Lipinski definition) is 1. The molecule has 5 heteroatoms. The molecule has 0 spiro atoms. The van der Waals surface area contributed by atoms with Crippen molar-refractivity contribution < 1.29 is 4.79 Å². The van der Waals surface area contributed by atoms with Crippen molar-refractivity contribution in [2.45, 2.75) is 39.3 Å². The highest BCUT2D eigenvalue weighted by Crippen LogP contribution is 2.34. The highest BCUT2D eigenvalue weighted by Gasteiger charge is 2.29. The molecule has 2 unspecified atom stereocenters. The van der Waals surface area contributed by atoms with Gasteiger partial charge in [-0.25, -0.2) is 4.98 Å². The van der Waals surface area contributed by atoms with E-state index in [1.54, 1.807) is 11.8 Å². The number of nitrogens with zero attached hydrogens (tertiary/aromatic N) is 3. The summed E-state index contributed by atoms with van der Waals surface area (Å²) < 4.78 is 0. The van der Waals surface area contributed by atoms with Gasteiger partial charge in [-0.05, 0) is 26.3 Å². The maximum Gasteiger partial charge on any atom is 0.225 e. The first kappa shape index (κ1) is 13.4. The summed E-state index contributed by atoms with van der Waals surface area (Å²) in [7, 11) is 0. The Morgan fingerprint density at radius 1 is 1.35 bits per heavy atom. The van der Waals surface area contributed by atoms with Gasteiger partial charge in [0.15, 0.2) is 0 Å². The minimum absolute atomic E-state index is 0.0791. The first-order valence-electron chi connectivity index (χ1n) is 7.33. The van der Waals surface area contributed by atoms with Crippen LogP contribution in [-0.2, 0) is 11.2 Å². The number of amides is 1. The summed E-state index contributed by atoms with van der Waals surface area (Å²) in [6, 6.07) is 3.05. The predicted molar refractivity (Wildman–Crippen MR) is 80.2 cm³/mol. The Morgan fingerprint density at radius 3 is 2.70 bits per heavy atom. The number of hydrogen-bond acceptors (Lipinski definition) is 4. The third-order valence-electron chi connectivity index (χ3n) is 4.13. The number of carbonyl (C=O) groups is 1. The second-order valence-corrected chi connectivity index (χ2v) is 5.93. The van der Waals surface area contributed by atoms with Crippen molar-refractivity contribution in [1.29, 1.82) is 0 Å². The zero-order valence-electron chi connectivity index (χ0n) is 12.4. The SMILES string of the molecule is CC(=O)N1CCc2c(N3CC(C)NC(C)C3)ccnc21. The Balaban J connectivity index is 1.94. The van der Waals surface area contributed by atoms with Crippen molar-refractivity contribution in [3.05, 3.63) is 17.8 Å². The van der Waals surface area contributed by atoms with Crippen LogP contribution in [0.15, 0.2) is 12.3 Å². The Kier molecular flexibility index (Phi) is 3.38. The maximum absolute atomic E-state index is 11.7. The number of piperazine rings is 1. The standard InChI is InChI=1S/C15H22N4O/c1-10-8-18(9-11(2)17-10)14-4-6-16-15-13(14)5-7-19(15)12(3)20/h4,6,10-11,17H,5,7-9H2,1-3H3. The molecule has 1 aromatic rings. The van der Waals surface area contributed by atoms with Crippen LogP contribution in [0.4, 0.5) is 11.5 Å². The molecule has 2 aliphatic heterocycles. The number of nitrogens with one attached hydrogen (secondary N) is 1. The van der Waals surface area contributed by atoms with Gasteiger partial charge in [0.2, 0.25) is 5.91 Å². The zero-order valence-corrected chi connectivity index (χ0v) is 12.4. The summed E-state index contributed by atoms with van der Waals surface area (Å²) in [5, 5.41) is 3.55. The van der Waals surface area contributed by atoms with Gasteiger partial charge in [0.1, 0.15) is 5.82 Å². The van der Waals surface area contributed by atoms with Crippen molar-refractivity contribution in [3.8, 4) is 0 Å². The number of fused-ring (bicyclic) bond motifs is 1. The molecule has 1 aromatic heterocycles. The van der Waals surface area contributed by atoms with Crippen LogP contribution in [0.1, 0.15) is 26.3 Å². The lowest BCUT2D eigenvalue weighted by molar-refractivity contribution is -0.116. The topological polar surface area (TPSA) is 48.5 Å². The monoisotopic (exact) mass is 274 g/mol. The van der Waals surface area contributed by atoms with Gasteiger partial charge in [-0.1, -0.05) is 0 Å². The molecule has 1 fully saturated rings. The van der Waals surface area contributed by atoms with Gasteiger partial charge in [0.05, 0.1) is 0 Å². The van der Waals surface area contributed by atoms with Gasteiger partial charge in [0.25, 0.3) is 0 Å². The van der Waals surface area contributed by atoms with Crippen molar-refractivity contribution >= 4 is 17.4 Å². The quantitative estimate of drug-likeness (QED) is 0.835. The van der Waals surface area contributed by atoms with Crippen LogP contribution in [0.5, 0.6) is 0 Å². The van der Waals surface area contributed by atoms with E-state index in [0.717, 1.165) is 31.9 Å². The van der Waals surface area contributed by atoms with Crippen LogP contribution >= 0.6 is 0 Å². The van der Waals surface area contributed by atoms with E-state index in [2.05, 4.69) is 35.1 Å². The molecule has 0 saturated carbocycles. The Hall–Kier alpha value is -1.62. The number of anilines is 2. The van der Waals surface area contributed by atoms with E-state index in [4.69, 9.17) is 0 Å². The molecule has 2 aliphatic rings. The van der Waals surface area contributed by atoms with E-state index in [0.29, 0.717) is 12.1 Å². The van der Waals surface area contributed by atoms with Crippen molar-refractivity contribution in [3.63, 3.8) is 0 Å². The summed E-state index contributed by atoms with van der Waals surface area (Å²) >= 11 is 0. The van der Waals surface area contributed by atoms with E-state index in [1.165, 1.54) is 11.3 Å². The lowest BCUT2D eigenvalue weighted by Crippen LogP contribution is -2.54. The van der Waals surface area contributed by atoms with E-state index >= 15 is 0 Å². The van der Waals surface area contributed by atoms with E-state index < -0.39 is 0 Å². The van der Waals surface area contributed by atoms with Gasteiger partial charge in [-0.15, -0.1) is 0 Å². The third-order valence-corrected chi connectivity index (χ3v) is 4.13. The molecule has 3 rings (SSSR count). The highest BCUT2D eigenvalue weighted by molar-refractivity contribution is 5.93. The largest absolute Gasteiger partial charge is 0.368 e. The Labute approximate surface area is 120 Å². The Morgan fingerprint density at radius 2 is 2.05 bits per heavy atom. The van der Waals surface area contributed by atoms with Gasteiger partial charge in [0, 0.05) is 56.1 Å². The smallest absolute Gasteiger partial charge is 0.225 e. The third kappa shape index (κ3) is 2.26. The molecule has 0 radical (unpaired) electrons. The second-order valence-electron chi connectivity index (χ2n) is 5.93. The normalized spacial score (nSPS) is 25.8. The average Bonchev–Trinajstić information content (AvgIpc) is 2.81. The summed E-state index contributed by atoms with van der Waals surface area (Å²) in [6.45, 7) is 8.80. The molecule has 1 N–H and O–H groups in total. The molecular weight excluding hydrogens is 252 g/mol. The van der Waals surface area contributed by atoms with Crippen molar-refractivity contribution in [2.75, 3.05) is 29.4 Å². The lowest BCUT2D eigenvalue weighted by Gasteiger charge is -2.38. The first-order valence-corrected chi connectivity index (χ1v) is 7.33. The minimum Gasteiger partial charge on any atom is -0.368 e. The molecule has 2 atom stereocenters. The molecule has 0 aromatic carbocycles. The first-order chi connectivity index (χ1) is 9.56. The van der Waals surface area contributed by atoms with Crippen LogP contribution in [-0.4, -0.2) is 42.6 Å². The van der Waals surface area contributed by atoms with E-state index in [9.17, 15) is 4.79 Å². The van der Waals surface area contributed by atoms with Crippen molar-refractivity contribution in [1.82, 2.24) is 10.3 Å². The van der Waals surface area contributed by atoms with Gasteiger partial charge < -0.3 is 10.2 Å². The molecule has 1 saturated heterocycles. The maximum atomic E-state index is 11.7. The van der Waals surface area contributed by atoms with Crippen LogP contribution < -0.4 is 15.1 Å². The second kappa shape index (κ2) is 5.05. The minimum atomic E-state index is 0.0791. The van der Waals surface area contributed by atoms with E-state index in [-0.39, 0.29) is 5.91 Å². The molecule has 0 bridgehead atoms. The van der Waals surface area contributed by atoms with E-state index in [1.807, 2.05) is 6.20 Å². The van der Waals surface area contributed by atoms with Crippen LogP contribution in [0.3, 0.4) is 0 Å². The van der Waals surface area contributed by atoms with Gasteiger partial charge in [-0.3, -0.25) is 9.69 Å². The molecule has 1 amide bonds. The molecule has 3 heterocycles. The van der Waals surface area contributed by atoms with Crippen molar-refractivity contribution in [2.24, 2.45) is 0 Å². The summed E-state index contributed by atoms with van der Waals surface area (Å²) in [5.41, 5.74) is 2.47. The summed E-state index contributed by atoms with van der Waals surface area (Å²) in [5.74, 6) is 0.935. The Bertz CT molecular complexity index is 521. The molecule has 5 nitrogen and oxygen atoms in total. The number of carbonyl (C=O) groups excluding carboxylic acids is 1. The fourth-order valence-electron chi connectivity index (χ4n) is 3.40. The number of aromatic nitrogens is 1. The van der Waals surface area contributed by atoms with Crippen LogP contribution in [0.2, 0.25) is 0 Å². The van der Waals surface area contributed by atoms with Gasteiger partial charge >= 0.3 is 0 Å². The highest BCUT2D eigenvalue weighted by atomic mass is 16.2. The molecular formula is C15H22N4O. The van der Waals surface area contributed by atoms with Gasteiger partial charge in [-0.2, -0.15) is 0 Å². The predicted octanol–water partition coefficient (Wildman–Crippen LogP) is 1.18. The average molecular weight is 274 g/mol. The fourth-order valence-corrected chi connectivity index (χ4v) is 3.40. The lowest BCUT2D eigenvalue weighted by atomic mass is 10.1. The number of pyridine rings is 1. The zero-order chi connectivity index (χ0) is 14.3. The summed E-state index contributed by atoms with van der Waals surface area (Å²) in [6.07, 6.45) is 2.73. The van der Waals surface area contributed by atoms with Crippen LogP contribution in [0.25, 0.3) is 0 Å². The molecule has 108 valence electrons. The molecule has 20 heavy (non-hydrogen) atoms. The fraction of sp³-hybridized carbons (Fsp3) is 0.600.